The number of carbonyl (C=O) groups is 2. The molecular formula is C24H30N2O7S. The molecule has 0 radical (unpaired) electrons. The molecule has 9 nitrogen and oxygen atoms in total. The lowest BCUT2D eigenvalue weighted by atomic mass is 10.2. The Morgan fingerprint density at radius 1 is 1.15 bits per heavy atom. The van der Waals surface area contributed by atoms with E-state index in [0.29, 0.717) is 18.5 Å². The maximum Gasteiger partial charge on any atom is 0.410 e. The highest BCUT2D eigenvalue weighted by Crippen LogP contribution is 2.29. The topological polar surface area (TPSA) is 122 Å². The highest BCUT2D eigenvalue weighted by molar-refractivity contribution is 7.91. The van der Waals surface area contributed by atoms with Crippen LogP contribution in [0.25, 0.3) is 0 Å². The first-order valence-corrected chi connectivity index (χ1v) is 12.6. The average Bonchev–Trinajstić information content (AvgIpc) is 3.20. The number of hydrogen-bond donors (Lipinski definition) is 2. The standard InChI is InChI=1S/C24H30N2O7S/c1-24(2,3)33-23(29)26-13-7-10-19(26)15-32-21-12-11-18(22(27)28)14-20(21)25-34(30,31)16-17-8-5-4-6-9-17/h4-6,8-9,11-12,14,19,25H,7,10,13,15-16H2,1-3H3,(H,27,28)/t19-/m0/s1. The fraction of sp³-hybridized carbons (Fsp3) is 0.417. The van der Waals surface area contributed by atoms with Crippen LogP contribution >= 0.6 is 0 Å². The minimum absolute atomic E-state index is 0.0256. The van der Waals surface area contributed by atoms with Gasteiger partial charge < -0.3 is 19.5 Å². The van der Waals surface area contributed by atoms with E-state index in [0.717, 1.165) is 6.42 Å². The molecule has 0 saturated carbocycles. The van der Waals surface area contributed by atoms with Gasteiger partial charge in [0.1, 0.15) is 18.0 Å². The maximum absolute atomic E-state index is 12.8. The molecule has 0 unspecified atom stereocenters. The largest absolute Gasteiger partial charge is 0.489 e. The summed E-state index contributed by atoms with van der Waals surface area (Å²) in [5.41, 5.74) is -0.0912. The molecule has 1 amide bonds. The number of carbonyl (C=O) groups excluding carboxylic acids is 1. The second-order valence-corrected chi connectivity index (χ2v) is 10.9. The summed E-state index contributed by atoms with van der Waals surface area (Å²) in [7, 11) is -3.84. The number of nitrogens with zero attached hydrogens (tertiary/aromatic N) is 1. The molecule has 1 heterocycles. The molecule has 3 rings (SSSR count). The van der Waals surface area contributed by atoms with E-state index in [4.69, 9.17) is 9.47 Å². The van der Waals surface area contributed by atoms with Crippen molar-refractivity contribution in [3.05, 3.63) is 59.7 Å². The number of aromatic carboxylic acids is 1. The predicted molar refractivity (Wildman–Crippen MR) is 128 cm³/mol. The zero-order valence-electron chi connectivity index (χ0n) is 19.5. The van der Waals surface area contributed by atoms with Crippen LogP contribution in [0.15, 0.2) is 48.5 Å². The average molecular weight is 491 g/mol. The summed E-state index contributed by atoms with van der Waals surface area (Å²) in [5, 5.41) is 9.35. The highest BCUT2D eigenvalue weighted by Gasteiger charge is 2.33. The van der Waals surface area contributed by atoms with Crippen molar-refractivity contribution in [3.8, 4) is 5.75 Å². The highest BCUT2D eigenvalue weighted by atomic mass is 32.2. The Morgan fingerprint density at radius 3 is 2.50 bits per heavy atom. The summed E-state index contributed by atoms with van der Waals surface area (Å²) in [6, 6.07) is 12.4. The number of ether oxygens (including phenoxy) is 2. The lowest BCUT2D eigenvalue weighted by Crippen LogP contribution is -2.42. The van der Waals surface area contributed by atoms with Gasteiger partial charge >= 0.3 is 12.1 Å². The molecule has 0 bridgehead atoms. The molecule has 184 valence electrons. The number of nitrogens with one attached hydrogen (secondary N) is 1. The van der Waals surface area contributed by atoms with Crippen molar-refractivity contribution >= 4 is 27.8 Å². The Balaban J connectivity index is 1.76. The number of carboxylic acid groups (broad SMARTS) is 1. The summed E-state index contributed by atoms with van der Waals surface area (Å²) >= 11 is 0. The van der Waals surface area contributed by atoms with E-state index >= 15 is 0 Å². The van der Waals surface area contributed by atoms with Gasteiger partial charge in [0.05, 0.1) is 23.0 Å². The molecule has 1 aliphatic rings. The second kappa shape index (κ2) is 10.3. The molecule has 2 aromatic rings. The van der Waals surface area contributed by atoms with Crippen LogP contribution in [0.4, 0.5) is 10.5 Å². The van der Waals surface area contributed by atoms with Gasteiger partial charge in [-0.3, -0.25) is 4.72 Å². The quantitative estimate of drug-likeness (QED) is 0.571. The van der Waals surface area contributed by atoms with Gasteiger partial charge in [0.25, 0.3) is 0 Å². The minimum atomic E-state index is -3.84. The van der Waals surface area contributed by atoms with Crippen molar-refractivity contribution in [2.45, 2.75) is 51.0 Å². The number of likely N-dealkylation sites (tertiary alicyclic amines) is 1. The molecule has 1 fully saturated rings. The summed E-state index contributed by atoms with van der Waals surface area (Å²) in [4.78, 5) is 25.6. The first kappa shape index (κ1) is 25.4. The molecule has 0 spiro atoms. The van der Waals surface area contributed by atoms with Crippen LogP contribution in [0.3, 0.4) is 0 Å². The monoisotopic (exact) mass is 490 g/mol. The van der Waals surface area contributed by atoms with Gasteiger partial charge in [0.15, 0.2) is 0 Å². The van der Waals surface area contributed by atoms with Gasteiger partial charge in [0.2, 0.25) is 10.0 Å². The van der Waals surface area contributed by atoms with E-state index in [1.54, 1.807) is 56.0 Å². The van der Waals surface area contributed by atoms with Crippen molar-refractivity contribution in [1.82, 2.24) is 4.90 Å². The van der Waals surface area contributed by atoms with Gasteiger partial charge in [0, 0.05) is 6.54 Å². The number of anilines is 1. The fourth-order valence-corrected chi connectivity index (χ4v) is 4.82. The Morgan fingerprint density at radius 2 is 1.85 bits per heavy atom. The molecule has 10 heteroatoms. The van der Waals surface area contributed by atoms with Crippen LogP contribution in [0.2, 0.25) is 0 Å². The van der Waals surface area contributed by atoms with Crippen molar-refractivity contribution in [2.24, 2.45) is 0 Å². The van der Waals surface area contributed by atoms with Gasteiger partial charge in [-0.15, -0.1) is 0 Å². The van der Waals surface area contributed by atoms with Crippen LogP contribution in [0.5, 0.6) is 5.75 Å². The molecule has 0 aromatic heterocycles. The molecule has 34 heavy (non-hydrogen) atoms. The number of hydrogen-bond acceptors (Lipinski definition) is 6. The Bertz CT molecular complexity index is 1130. The second-order valence-electron chi connectivity index (χ2n) is 9.14. The van der Waals surface area contributed by atoms with E-state index in [9.17, 15) is 23.1 Å². The summed E-state index contributed by atoms with van der Waals surface area (Å²) in [6.07, 6.45) is 1.08. The van der Waals surface area contributed by atoms with Crippen molar-refractivity contribution in [3.63, 3.8) is 0 Å². The van der Waals surface area contributed by atoms with Gasteiger partial charge in [-0.05, 0) is 57.4 Å². The smallest absolute Gasteiger partial charge is 0.410 e. The third-order valence-corrected chi connectivity index (χ3v) is 6.37. The Hall–Kier alpha value is -3.27. The molecule has 2 N–H and O–H groups in total. The summed E-state index contributed by atoms with van der Waals surface area (Å²) < 4.78 is 39.3. The van der Waals surface area contributed by atoms with E-state index < -0.39 is 27.7 Å². The molecule has 1 saturated heterocycles. The summed E-state index contributed by atoms with van der Waals surface area (Å²) in [6.45, 7) is 6.04. The number of benzene rings is 2. The molecule has 0 aliphatic carbocycles. The molecule has 2 aromatic carbocycles. The lowest BCUT2D eigenvalue weighted by molar-refractivity contribution is 0.0187. The van der Waals surface area contributed by atoms with Gasteiger partial charge in [-0.2, -0.15) is 0 Å². The third kappa shape index (κ3) is 7.11. The number of amides is 1. The third-order valence-electron chi connectivity index (χ3n) is 5.13. The first-order valence-electron chi connectivity index (χ1n) is 11.0. The van der Waals surface area contributed by atoms with E-state index in [1.165, 1.54) is 18.2 Å². The lowest BCUT2D eigenvalue weighted by Gasteiger charge is -2.28. The molecule has 1 atom stereocenters. The summed E-state index contributed by atoms with van der Waals surface area (Å²) in [5.74, 6) is -1.29. The fourth-order valence-electron chi connectivity index (χ4n) is 3.62. The van der Waals surface area contributed by atoms with Crippen LogP contribution in [-0.2, 0) is 20.5 Å². The zero-order valence-corrected chi connectivity index (χ0v) is 20.3. The van der Waals surface area contributed by atoms with Crippen LogP contribution in [0.1, 0.15) is 49.5 Å². The number of carboxylic acids is 1. The Labute approximate surface area is 199 Å². The van der Waals surface area contributed by atoms with Crippen molar-refractivity contribution < 1.29 is 32.6 Å². The number of sulfonamides is 1. The van der Waals surface area contributed by atoms with Crippen molar-refractivity contribution in [2.75, 3.05) is 17.9 Å². The molecule has 1 aliphatic heterocycles. The van der Waals surface area contributed by atoms with Gasteiger partial charge in [-0.1, -0.05) is 30.3 Å². The van der Waals surface area contributed by atoms with Crippen LogP contribution in [0, 0.1) is 0 Å². The predicted octanol–water partition coefficient (Wildman–Crippen LogP) is 4.11. The van der Waals surface area contributed by atoms with Crippen LogP contribution < -0.4 is 9.46 Å². The normalized spacial score (nSPS) is 16.2. The zero-order chi connectivity index (χ0) is 24.9. The molecular weight excluding hydrogens is 460 g/mol. The minimum Gasteiger partial charge on any atom is -0.489 e. The Kier molecular flexibility index (Phi) is 7.71. The van der Waals surface area contributed by atoms with Crippen molar-refractivity contribution in [1.29, 1.82) is 0 Å². The van der Waals surface area contributed by atoms with Gasteiger partial charge in [-0.25, -0.2) is 18.0 Å². The van der Waals surface area contributed by atoms with E-state index in [1.807, 2.05) is 0 Å². The van der Waals surface area contributed by atoms with E-state index in [2.05, 4.69) is 4.72 Å². The SMILES string of the molecule is CC(C)(C)OC(=O)N1CCC[C@H]1COc1ccc(C(=O)O)cc1NS(=O)(=O)Cc1ccccc1. The van der Waals surface area contributed by atoms with E-state index in [-0.39, 0.29) is 35.4 Å². The van der Waals surface area contributed by atoms with Crippen LogP contribution in [-0.4, -0.2) is 55.3 Å². The number of rotatable bonds is 8. The maximum atomic E-state index is 12.8. The first-order chi connectivity index (χ1) is 15.9.